The normalized spacial score (nSPS) is 16.1. The molecule has 0 bridgehead atoms. The molecule has 0 radical (unpaired) electrons. The van der Waals surface area contributed by atoms with E-state index in [1.165, 1.54) is 6.07 Å². The van der Waals surface area contributed by atoms with Crippen LogP contribution in [-0.4, -0.2) is 35.1 Å². The van der Waals surface area contributed by atoms with Gasteiger partial charge in [0.1, 0.15) is 5.69 Å². The minimum Gasteiger partial charge on any atom is -0.442 e. The third kappa shape index (κ3) is 3.75. The van der Waals surface area contributed by atoms with Crippen molar-refractivity contribution in [1.29, 1.82) is 0 Å². The van der Waals surface area contributed by atoms with Gasteiger partial charge < -0.3 is 4.74 Å². The zero-order chi connectivity index (χ0) is 26.8. The first-order chi connectivity index (χ1) is 18.1. The minimum absolute atomic E-state index is 0.0342. The van der Waals surface area contributed by atoms with Gasteiger partial charge in [-0.05, 0) is 41.5 Å². The van der Waals surface area contributed by atoms with Crippen LogP contribution in [0.5, 0.6) is 5.75 Å². The topological polar surface area (TPSA) is 53.9 Å². The molecule has 2 aliphatic heterocycles. The molecule has 4 aromatic rings. The van der Waals surface area contributed by atoms with Gasteiger partial charge in [-0.1, -0.05) is 58.0 Å². The van der Waals surface area contributed by atoms with Crippen LogP contribution in [0.4, 0.5) is 30.5 Å². The molecule has 0 fully saturated rings. The molecule has 0 unspecified atom stereocenters. The second-order valence-electron chi connectivity index (χ2n) is 10.7. The molecule has 3 heterocycles. The fourth-order valence-electron chi connectivity index (χ4n) is 5.33. The van der Waals surface area contributed by atoms with Gasteiger partial charge in [-0.15, -0.1) is 0 Å². The van der Waals surface area contributed by atoms with Gasteiger partial charge in [-0.25, -0.2) is 15.0 Å². The van der Waals surface area contributed by atoms with E-state index in [1.807, 2.05) is 34.1 Å². The summed E-state index contributed by atoms with van der Waals surface area (Å²) < 4.78 is 48.7. The minimum atomic E-state index is -4.52. The largest absolute Gasteiger partial charge is 0.442 e. The van der Waals surface area contributed by atoms with Crippen molar-refractivity contribution in [1.82, 2.24) is 9.97 Å². The van der Waals surface area contributed by atoms with E-state index < -0.39 is 17.6 Å². The van der Waals surface area contributed by atoms with E-state index in [4.69, 9.17) is 19.7 Å². The molecule has 0 amide bonds. The van der Waals surface area contributed by atoms with E-state index in [1.54, 1.807) is 24.4 Å². The first-order valence-electron chi connectivity index (χ1n) is 12.8. The Labute approximate surface area is 218 Å². The Kier molecular flexibility index (Phi) is 5.52. The van der Waals surface area contributed by atoms with Gasteiger partial charge in [0.15, 0.2) is 17.4 Å². The Morgan fingerprint density at radius 2 is 1.42 bits per heavy atom. The van der Waals surface area contributed by atoms with Crippen molar-refractivity contribution in [2.24, 2.45) is 16.8 Å². The summed E-state index contributed by atoms with van der Waals surface area (Å²) in [5.41, 5.74) is 0.967. The number of para-hydroxylation sites is 2. The number of hydrogen-bond donors (Lipinski definition) is 0. The molecule has 0 saturated heterocycles. The van der Waals surface area contributed by atoms with Crippen LogP contribution < -0.4 is 14.5 Å². The van der Waals surface area contributed by atoms with Crippen LogP contribution in [0.15, 0.2) is 59.6 Å². The average molecular weight is 520 g/mol. The molecule has 1 spiro atoms. The summed E-state index contributed by atoms with van der Waals surface area (Å²) in [6.45, 7) is 9.57. The van der Waals surface area contributed by atoms with E-state index in [-0.39, 0.29) is 28.7 Å². The molecule has 0 N–H and O–H groups in total. The maximum atomic E-state index is 14.0. The average Bonchev–Trinajstić information content (AvgIpc) is 3.08. The molecule has 9 heteroatoms. The molecule has 2 aliphatic rings. The summed E-state index contributed by atoms with van der Waals surface area (Å²) in [6.07, 6.45) is -2.90. The first-order valence-corrected chi connectivity index (χ1v) is 12.8. The van der Waals surface area contributed by atoms with E-state index in [9.17, 15) is 13.2 Å². The molecule has 0 aliphatic carbocycles. The summed E-state index contributed by atoms with van der Waals surface area (Å²) >= 11 is 0. The number of hydrogen-bond acceptors (Lipinski definition) is 6. The molecule has 196 valence electrons. The van der Waals surface area contributed by atoms with Crippen LogP contribution in [0.1, 0.15) is 33.3 Å². The van der Waals surface area contributed by atoms with Crippen LogP contribution >= 0.6 is 0 Å². The van der Waals surface area contributed by atoms with Crippen LogP contribution in [0, 0.1) is 11.8 Å². The zero-order valence-electron chi connectivity index (χ0n) is 21.6. The lowest BCUT2D eigenvalue weighted by Gasteiger charge is -2.44. The highest BCUT2D eigenvalue weighted by molar-refractivity contribution is 6.02. The van der Waals surface area contributed by atoms with Gasteiger partial charge >= 0.3 is 12.0 Å². The van der Waals surface area contributed by atoms with Crippen molar-refractivity contribution in [3.05, 3.63) is 60.2 Å². The summed E-state index contributed by atoms with van der Waals surface area (Å²) in [7, 11) is 0. The lowest BCUT2D eigenvalue weighted by Crippen LogP contribution is -2.65. The maximum absolute atomic E-state index is 14.0. The fraction of sp³-hybridized carbons (Fsp3) is 0.345. The second-order valence-corrected chi connectivity index (χ2v) is 10.7. The number of nitrogens with zero attached hydrogens (tertiary/aromatic N) is 5. The first kappa shape index (κ1) is 24.5. The summed E-state index contributed by atoms with van der Waals surface area (Å²) in [4.78, 5) is 18.8. The zero-order valence-corrected chi connectivity index (χ0v) is 21.6. The van der Waals surface area contributed by atoms with Gasteiger partial charge in [0.05, 0.1) is 22.8 Å². The quantitative estimate of drug-likeness (QED) is 0.286. The Balaban J connectivity index is 1.58. The number of benzene rings is 3. The highest BCUT2D eigenvalue weighted by atomic mass is 19.4. The number of anilines is 2. The number of fused-ring (bicyclic) bond motifs is 5. The van der Waals surface area contributed by atoms with Crippen molar-refractivity contribution < 1.29 is 17.9 Å². The van der Waals surface area contributed by atoms with E-state index in [0.29, 0.717) is 30.1 Å². The summed E-state index contributed by atoms with van der Waals surface area (Å²) in [5.74, 6) is 0.880. The molecule has 6 rings (SSSR count). The predicted molar refractivity (Wildman–Crippen MR) is 144 cm³/mol. The molecule has 3 aromatic carbocycles. The van der Waals surface area contributed by atoms with Crippen molar-refractivity contribution >= 4 is 45.3 Å². The van der Waals surface area contributed by atoms with Gasteiger partial charge in [-0.2, -0.15) is 13.2 Å². The molecular weight excluding hydrogens is 491 g/mol. The van der Waals surface area contributed by atoms with Crippen molar-refractivity contribution in [3.63, 3.8) is 0 Å². The molecular formula is C29H28F3N5O. The lowest BCUT2D eigenvalue weighted by molar-refractivity contribution is -0.136. The number of ether oxygens (including phenoxy) is 1. The van der Waals surface area contributed by atoms with Crippen LogP contribution in [0.25, 0.3) is 21.8 Å². The van der Waals surface area contributed by atoms with E-state index in [0.717, 1.165) is 17.1 Å². The molecule has 6 nitrogen and oxygen atoms in total. The third-order valence-corrected chi connectivity index (χ3v) is 6.82. The summed E-state index contributed by atoms with van der Waals surface area (Å²) in [6, 6.07) is 15.2. The van der Waals surface area contributed by atoms with Gasteiger partial charge in [0.25, 0.3) is 0 Å². The van der Waals surface area contributed by atoms with Crippen molar-refractivity contribution in [3.8, 4) is 5.75 Å². The highest BCUT2D eigenvalue weighted by Crippen LogP contribution is 2.51. The summed E-state index contributed by atoms with van der Waals surface area (Å²) in [5, 5.41) is 0.490. The van der Waals surface area contributed by atoms with Crippen LogP contribution in [0.2, 0.25) is 0 Å². The van der Waals surface area contributed by atoms with E-state index >= 15 is 0 Å². The van der Waals surface area contributed by atoms with Crippen LogP contribution in [-0.2, 0) is 6.18 Å². The Morgan fingerprint density at radius 3 is 1.97 bits per heavy atom. The van der Waals surface area contributed by atoms with Crippen molar-refractivity contribution in [2.75, 3.05) is 22.9 Å². The number of halogens is 3. The number of aliphatic imine (C=N–C) groups is 1. The standard InChI is InChI=1S/C29H28F3N5O/c1-17(2)14-36-26-27(35-22-11-6-5-10-21(22)34-26)37(15-18(3)4)28(36)16-33-25-23(38-28)13-12-19-8-7-9-20(24(19)25)29(30,31)32/h5-13,16-18H,14-15H2,1-4H3. The lowest BCUT2D eigenvalue weighted by atomic mass is 10.0. The van der Waals surface area contributed by atoms with Crippen molar-refractivity contribution in [2.45, 2.75) is 39.7 Å². The fourth-order valence-corrected chi connectivity index (χ4v) is 5.33. The highest BCUT2D eigenvalue weighted by Gasteiger charge is 2.55. The second kappa shape index (κ2) is 8.58. The maximum Gasteiger partial charge on any atom is 0.417 e. The SMILES string of the molecule is CC(C)CN1c2nc3ccccc3nc2N(CC(C)C)C12C=Nc1c(ccc3cccc(C(F)(F)F)c13)O2. The smallest absolute Gasteiger partial charge is 0.417 e. The molecule has 38 heavy (non-hydrogen) atoms. The Hall–Kier alpha value is -3.88. The monoisotopic (exact) mass is 519 g/mol. The number of alkyl halides is 3. The molecule has 1 aromatic heterocycles. The number of aromatic nitrogens is 2. The van der Waals surface area contributed by atoms with Gasteiger partial charge in [0.2, 0.25) is 0 Å². The van der Waals surface area contributed by atoms with Crippen LogP contribution in [0.3, 0.4) is 0 Å². The molecule has 0 atom stereocenters. The third-order valence-electron chi connectivity index (χ3n) is 6.82. The molecule has 0 saturated carbocycles. The Bertz CT molecular complexity index is 1520. The Morgan fingerprint density at radius 1 is 0.816 bits per heavy atom. The predicted octanol–water partition coefficient (Wildman–Crippen LogP) is 7.19. The number of rotatable bonds is 4. The van der Waals surface area contributed by atoms with Gasteiger partial charge in [0, 0.05) is 18.5 Å². The van der Waals surface area contributed by atoms with Gasteiger partial charge in [-0.3, -0.25) is 9.80 Å². The van der Waals surface area contributed by atoms with E-state index in [2.05, 4.69) is 27.7 Å².